The Morgan fingerprint density at radius 3 is 2.28 bits per heavy atom. The van der Waals surface area contributed by atoms with Crippen molar-refractivity contribution in [3.8, 4) is 5.75 Å². The number of hydrogen-bond donors (Lipinski definition) is 2. The summed E-state index contributed by atoms with van der Waals surface area (Å²) in [6.07, 6.45) is 3.58. The topological polar surface area (TPSA) is 50.4 Å². The van der Waals surface area contributed by atoms with Gasteiger partial charge in [0.2, 0.25) is 0 Å². The van der Waals surface area contributed by atoms with E-state index in [1.54, 1.807) is 12.1 Å². The van der Waals surface area contributed by atoms with Crippen LogP contribution in [0.2, 0.25) is 0 Å². The fourth-order valence-electron chi connectivity index (χ4n) is 2.92. The first-order valence-electron chi connectivity index (χ1n) is 8.34. The average Bonchev–Trinajstić information content (AvgIpc) is 2.61. The van der Waals surface area contributed by atoms with Gasteiger partial charge in [-0.3, -0.25) is 0 Å². The number of urea groups is 1. The third-order valence-corrected chi connectivity index (χ3v) is 4.95. The van der Waals surface area contributed by atoms with Crippen LogP contribution in [0.15, 0.2) is 48.5 Å². The summed E-state index contributed by atoms with van der Waals surface area (Å²) in [6, 6.07) is 13.7. The molecule has 25 heavy (non-hydrogen) atoms. The SMILES string of the molecule is O=C(Nc1ccc(I)cc1)NC1CCC(Oc2ccc(F)cc2)CC1. The largest absolute Gasteiger partial charge is 0.490 e. The van der Waals surface area contributed by atoms with Crippen LogP contribution in [0.3, 0.4) is 0 Å². The molecule has 0 aromatic heterocycles. The maximum Gasteiger partial charge on any atom is 0.319 e. The zero-order valence-corrected chi connectivity index (χ0v) is 15.8. The summed E-state index contributed by atoms with van der Waals surface area (Å²) < 4.78 is 19.9. The van der Waals surface area contributed by atoms with E-state index in [-0.39, 0.29) is 24.0 Å². The number of carbonyl (C=O) groups excluding carboxylic acids is 1. The van der Waals surface area contributed by atoms with Gasteiger partial charge in [0.05, 0.1) is 6.10 Å². The predicted molar refractivity (Wildman–Crippen MR) is 104 cm³/mol. The Bertz CT molecular complexity index is 698. The van der Waals surface area contributed by atoms with E-state index in [0.717, 1.165) is 34.9 Å². The molecule has 6 heteroatoms. The van der Waals surface area contributed by atoms with E-state index in [1.807, 2.05) is 24.3 Å². The standard InChI is InChI=1S/C19H20FIN2O2/c20-13-1-9-17(10-2-13)25-18-11-7-16(8-12-18)23-19(24)22-15-5-3-14(21)4-6-15/h1-6,9-10,16,18H,7-8,11-12H2,(H2,22,23,24). The lowest BCUT2D eigenvalue weighted by atomic mass is 9.93. The molecule has 0 atom stereocenters. The highest BCUT2D eigenvalue weighted by atomic mass is 127. The molecule has 0 radical (unpaired) electrons. The number of hydrogen-bond acceptors (Lipinski definition) is 2. The predicted octanol–water partition coefficient (Wildman–Crippen LogP) is 4.94. The van der Waals surface area contributed by atoms with E-state index in [4.69, 9.17) is 4.74 Å². The molecule has 3 rings (SSSR count). The van der Waals surface area contributed by atoms with E-state index < -0.39 is 0 Å². The van der Waals surface area contributed by atoms with Gasteiger partial charge in [0.1, 0.15) is 11.6 Å². The molecule has 1 saturated carbocycles. The van der Waals surface area contributed by atoms with Gasteiger partial charge in [0.15, 0.2) is 0 Å². The Balaban J connectivity index is 1.42. The number of nitrogens with one attached hydrogen (secondary N) is 2. The van der Waals surface area contributed by atoms with Crippen molar-refractivity contribution in [2.45, 2.75) is 37.8 Å². The molecule has 2 amide bonds. The number of carbonyl (C=O) groups is 1. The first-order valence-corrected chi connectivity index (χ1v) is 9.42. The highest BCUT2D eigenvalue weighted by Gasteiger charge is 2.23. The third kappa shape index (κ3) is 5.59. The Hall–Kier alpha value is -1.83. The molecule has 4 nitrogen and oxygen atoms in total. The van der Waals surface area contributed by atoms with Gasteiger partial charge in [-0.05, 0) is 96.8 Å². The minimum absolute atomic E-state index is 0.114. The number of amides is 2. The van der Waals surface area contributed by atoms with Crippen LogP contribution in [0, 0.1) is 9.39 Å². The van der Waals surface area contributed by atoms with Crippen molar-refractivity contribution in [3.05, 3.63) is 57.9 Å². The van der Waals surface area contributed by atoms with Crippen LogP contribution in [-0.2, 0) is 0 Å². The average molecular weight is 454 g/mol. The maximum absolute atomic E-state index is 12.9. The summed E-state index contributed by atoms with van der Waals surface area (Å²) in [6.45, 7) is 0. The van der Waals surface area contributed by atoms with Crippen LogP contribution in [-0.4, -0.2) is 18.2 Å². The van der Waals surface area contributed by atoms with Crippen molar-refractivity contribution in [3.63, 3.8) is 0 Å². The molecule has 0 heterocycles. The minimum atomic E-state index is -0.264. The molecule has 0 aliphatic heterocycles. The van der Waals surface area contributed by atoms with Gasteiger partial charge < -0.3 is 15.4 Å². The van der Waals surface area contributed by atoms with E-state index in [0.29, 0.717) is 5.75 Å². The molecule has 132 valence electrons. The number of halogens is 2. The highest BCUT2D eigenvalue weighted by molar-refractivity contribution is 14.1. The van der Waals surface area contributed by atoms with Crippen molar-refractivity contribution < 1.29 is 13.9 Å². The van der Waals surface area contributed by atoms with Crippen LogP contribution < -0.4 is 15.4 Å². The fourth-order valence-corrected chi connectivity index (χ4v) is 3.28. The van der Waals surface area contributed by atoms with Gasteiger partial charge in [0.25, 0.3) is 0 Å². The van der Waals surface area contributed by atoms with Crippen molar-refractivity contribution in [2.75, 3.05) is 5.32 Å². The minimum Gasteiger partial charge on any atom is -0.490 e. The molecule has 1 aliphatic rings. The number of anilines is 1. The molecule has 2 aromatic carbocycles. The summed E-state index contributed by atoms with van der Waals surface area (Å²) in [4.78, 5) is 12.1. The lowest BCUT2D eigenvalue weighted by Crippen LogP contribution is -2.41. The van der Waals surface area contributed by atoms with Gasteiger partial charge in [-0.2, -0.15) is 0 Å². The van der Waals surface area contributed by atoms with Gasteiger partial charge in [-0.15, -0.1) is 0 Å². The van der Waals surface area contributed by atoms with E-state index in [1.165, 1.54) is 12.1 Å². The summed E-state index contributed by atoms with van der Waals surface area (Å²) in [5, 5.41) is 5.87. The van der Waals surface area contributed by atoms with Crippen LogP contribution in [0.1, 0.15) is 25.7 Å². The molecular formula is C19H20FIN2O2. The van der Waals surface area contributed by atoms with Crippen LogP contribution in [0.25, 0.3) is 0 Å². The van der Waals surface area contributed by atoms with Crippen LogP contribution in [0.5, 0.6) is 5.75 Å². The van der Waals surface area contributed by atoms with Crippen molar-refractivity contribution >= 4 is 34.3 Å². The lowest BCUT2D eigenvalue weighted by Gasteiger charge is -2.29. The smallest absolute Gasteiger partial charge is 0.319 e. The quantitative estimate of drug-likeness (QED) is 0.643. The summed E-state index contributed by atoms with van der Waals surface area (Å²) in [5.41, 5.74) is 0.784. The Labute approximate surface area is 160 Å². The Kier molecular flexibility index (Phi) is 6.12. The van der Waals surface area contributed by atoms with Crippen LogP contribution in [0.4, 0.5) is 14.9 Å². The zero-order chi connectivity index (χ0) is 17.6. The molecule has 1 fully saturated rings. The first kappa shape index (κ1) is 18.0. The maximum atomic E-state index is 12.9. The second kappa shape index (κ2) is 8.51. The number of rotatable bonds is 4. The van der Waals surface area contributed by atoms with E-state index in [2.05, 4.69) is 33.2 Å². The zero-order valence-electron chi connectivity index (χ0n) is 13.7. The van der Waals surface area contributed by atoms with Crippen LogP contribution >= 0.6 is 22.6 Å². The summed E-state index contributed by atoms with van der Waals surface area (Å²) in [7, 11) is 0. The molecule has 0 unspecified atom stereocenters. The lowest BCUT2D eigenvalue weighted by molar-refractivity contribution is 0.141. The normalized spacial score (nSPS) is 19.9. The molecule has 0 bridgehead atoms. The second-order valence-corrected chi connectivity index (χ2v) is 7.40. The number of benzene rings is 2. The van der Waals surface area contributed by atoms with Crippen molar-refractivity contribution in [1.82, 2.24) is 5.32 Å². The van der Waals surface area contributed by atoms with Gasteiger partial charge in [-0.1, -0.05) is 0 Å². The highest BCUT2D eigenvalue weighted by Crippen LogP contribution is 2.24. The molecular weight excluding hydrogens is 434 g/mol. The molecule has 2 aromatic rings. The first-order chi connectivity index (χ1) is 12.1. The Morgan fingerprint density at radius 2 is 1.64 bits per heavy atom. The molecule has 2 N–H and O–H groups in total. The van der Waals surface area contributed by atoms with Gasteiger partial charge >= 0.3 is 6.03 Å². The molecule has 0 spiro atoms. The van der Waals surface area contributed by atoms with Crippen molar-refractivity contribution in [1.29, 1.82) is 0 Å². The van der Waals surface area contributed by atoms with Crippen molar-refractivity contribution in [2.24, 2.45) is 0 Å². The van der Waals surface area contributed by atoms with Gasteiger partial charge in [-0.25, -0.2) is 9.18 Å². The van der Waals surface area contributed by atoms with E-state index >= 15 is 0 Å². The third-order valence-electron chi connectivity index (χ3n) is 4.23. The molecule has 1 aliphatic carbocycles. The summed E-state index contributed by atoms with van der Waals surface area (Å²) >= 11 is 2.23. The summed E-state index contributed by atoms with van der Waals surface area (Å²) in [5.74, 6) is 0.425. The molecule has 0 saturated heterocycles. The van der Waals surface area contributed by atoms with Gasteiger partial charge in [0, 0.05) is 15.3 Å². The van der Waals surface area contributed by atoms with E-state index in [9.17, 15) is 9.18 Å². The monoisotopic (exact) mass is 454 g/mol. The Morgan fingerprint density at radius 1 is 1.00 bits per heavy atom. The number of ether oxygens (including phenoxy) is 1. The fraction of sp³-hybridized carbons (Fsp3) is 0.316. The second-order valence-electron chi connectivity index (χ2n) is 6.15.